The highest BCUT2D eigenvalue weighted by Gasteiger charge is 2.43. The van der Waals surface area contributed by atoms with Gasteiger partial charge in [0.25, 0.3) is 0 Å². The van der Waals surface area contributed by atoms with Crippen LogP contribution in [-0.4, -0.2) is 90.7 Å². The van der Waals surface area contributed by atoms with Crippen molar-refractivity contribution < 1.29 is 24.2 Å². The third-order valence-corrected chi connectivity index (χ3v) is 3.06. The minimum absolute atomic E-state index is 0.00896. The zero-order chi connectivity index (χ0) is 15.5. The van der Waals surface area contributed by atoms with Gasteiger partial charge in [-0.05, 0) is 6.92 Å². The highest BCUT2D eigenvalue weighted by Crippen LogP contribution is 2.25. The first-order valence-corrected chi connectivity index (χ1v) is 6.20. The fourth-order valence-electron chi connectivity index (χ4n) is 1.88. The number of carbonyl (C=O) groups is 3. The molecule has 8 nitrogen and oxygen atoms in total. The Morgan fingerprint density at radius 2 is 1.80 bits per heavy atom. The molecule has 1 aliphatic heterocycles. The zero-order valence-electron chi connectivity index (χ0n) is 12.3. The largest absolute Gasteiger partial charge is 0.480 e. The van der Waals surface area contributed by atoms with Crippen LogP contribution in [0.15, 0.2) is 0 Å². The summed E-state index contributed by atoms with van der Waals surface area (Å²) in [6.07, 6.45) is 0. The summed E-state index contributed by atoms with van der Waals surface area (Å²) in [7, 11) is 4.81. The van der Waals surface area contributed by atoms with Gasteiger partial charge in [-0.25, -0.2) is 9.59 Å². The maximum absolute atomic E-state index is 12.0. The van der Waals surface area contributed by atoms with Crippen LogP contribution in [0.4, 0.5) is 4.79 Å². The molecular weight excluding hydrogens is 266 g/mol. The Kier molecular flexibility index (Phi) is 4.93. The molecule has 0 spiro atoms. The second-order valence-corrected chi connectivity index (χ2v) is 5.42. The number of ether oxygens (including phenoxy) is 1. The Morgan fingerprint density at radius 1 is 1.25 bits per heavy atom. The third kappa shape index (κ3) is 4.09. The Balaban J connectivity index is 2.40. The molecule has 0 bridgehead atoms. The molecule has 0 unspecified atom stereocenters. The summed E-state index contributed by atoms with van der Waals surface area (Å²) in [5.74, 6) is -1.20. The quantitative estimate of drug-likeness (QED) is 0.722. The number of likely N-dealkylation sites (tertiary alicyclic amines) is 1. The standard InChI is InChI=1S/C12H21N3O5/c1-12(20-6-10(17)18)7-15(8-12)11(19)14(4)5-9(16)13(2)3/h5-8H2,1-4H3,(H,17,18). The van der Waals surface area contributed by atoms with Gasteiger partial charge < -0.3 is 24.5 Å². The molecule has 114 valence electrons. The molecule has 0 radical (unpaired) electrons. The lowest BCUT2D eigenvalue weighted by Gasteiger charge is -2.48. The van der Waals surface area contributed by atoms with Crippen molar-refractivity contribution in [2.45, 2.75) is 12.5 Å². The van der Waals surface area contributed by atoms with Gasteiger partial charge in [-0.1, -0.05) is 0 Å². The van der Waals surface area contributed by atoms with Crippen molar-refractivity contribution in [3.05, 3.63) is 0 Å². The van der Waals surface area contributed by atoms with Crippen LogP contribution in [0, 0.1) is 0 Å². The number of urea groups is 1. The number of carbonyl (C=O) groups excluding carboxylic acids is 2. The van der Waals surface area contributed by atoms with Crippen LogP contribution in [0.25, 0.3) is 0 Å². The molecule has 1 saturated heterocycles. The molecule has 3 amide bonds. The molecule has 1 aliphatic rings. The van der Waals surface area contributed by atoms with Crippen molar-refractivity contribution in [3.63, 3.8) is 0 Å². The van der Waals surface area contributed by atoms with Crippen LogP contribution in [0.1, 0.15) is 6.92 Å². The maximum atomic E-state index is 12.0. The molecular formula is C12H21N3O5. The van der Waals surface area contributed by atoms with E-state index in [1.165, 1.54) is 14.7 Å². The third-order valence-electron chi connectivity index (χ3n) is 3.06. The molecule has 8 heteroatoms. The van der Waals surface area contributed by atoms with Gasteiger partial charge in [-0.15, -0.1) is 0 Å². The van der Waals surface area contributed by atoms with E-state index in [4.69, 9.17) is 9.84 Å². The molecule has 1 heterocycles. The highest BCUT2D eigenvalue weighted by molar-refractivity contribution is 5.84. The molecule has 1 rings (SSSR count). The van der Waals surface area contributed by atoms with Gasteiger partial charge in [0.15, 0.2) is 0 Å². The molecule has 0 aromatic carbocycles. The SMILES string of the molecule is CN(C)C(=O)CN(C)C(=O)N1CC(C)(OCC(=O)O)C1. The highest BCUT2D eigenvalue weighted by atomic mass is 16.5. The second kappa shape index (κ2) is 6.08. The van der Waals surface area contributed by atoms with E-state index in [-0.39, 0.29) is 25.1 Å². The molecule has 0 aliphatic carbocycles. The van der Waals surface area contributed by atoms with Gasteiger partial charge in [0, 0.05) is 21.1 Å². The van der Waals surface area contributed by atoms with Crippen molar-refractivity contribution in [3.8, 4) is 0 Å². The van der Waals surface area contributed by atoms with E-state index in [0.29, 0.717) is 13.1 Å². The number of rotatable bonds is 5. The number of nitrogens with zero attached hydrogens (tertiary/aromatic N) is 3. The Bertz CT molecular complexity index is 404. The summed E-state index contributed by atoms with van der Waals surface area (Å²) >= 11 is 0. The summed E-state index contributed by atoms with van der Waals surface area (Å²) in [4.78, 5) is 38.2. The normalized spacial score (nSPS) is 16.3. The van der Waals surface area contributed by atoms with Crippen LogP contribution in [-0.2, 0) is 14.3 Å². The molecule has 0 atom stereocenters. The predicted molar refractivity (Wildman–Crippen MR) is 70.3 cm³/mol. The average Bonchev–Trinajstić information content (AvgIpc) is 2.31. The number of hydrogen-bond acceptors (Lipinski definition) is 4. The van der Waals surface area contributed by atoms with E-state index in [0.717, 1.165) is 0 Å². The first-order chi connectivity index (χ1) is 9.14. The fraction of sp³-hybridized carbons (Fsp3) is 0.750. The van der Waals surface area contributed by atoms with E-state index < -0.39 is 11.6 Å². The van der Waals surface area contributed by atoms with Gasteiger partial charge in [0.05, 0.1) is 13.1 Å². The van der Waals surface area contributed by atoms with Crippen LogP contribution < -0.4 is 0 Å². The number of aliphatic carboxylic acids is 1. The minimum Gasteiger partial charge on any atom is -0.480 e. The lowest BCUT2D eigenvalue weighted by Crippen LogP contribution is -2.65. The first-order valence-electron chi connectivity index (χ1n) is 6.20. The monoisotopic (exact) mass is 287 g/mol. The Hall–Kier alpha value is -1.83. The summed E-state index contributed by atoms with van der Waals surface area (Å²) < 4.78 is 5.22. The van der Waals surface area contributed by atoms with Crippen LogP contribution >= 0.6 is 0 Å². The molecule has 1 fully saturated rings. The van der Waals surface area contributed by atoms with E-state index >= 15 is 0 Å². The summed E-state index contributed by atoms with van der Waals surface area (Å²) in [6, 6.07) is -0.267. The smallest absolute Gasteiger partial charge is 0.329 e. The number of hydrogen-bond donors (Lipinski definition) is 1. The van der Waals surface area contributed by atoms with Crippen molar-refractivity contribution in [2.24, 2.45) is 0 Å². The fourth-order valence-corrected chi connectivity index (χ4v) is 1.88. The van der Waals surface area contributed by atoms with Gasteiger partial charge >= 0.3 is 12.0 Å². The van der Waals surface area contributed by atoms with Crippen molar-refractivity contribution >= 4 is 17.9 Å². The van der Waals surface area contributed by atoms with Crippen LogP contribution in [0.5, 0.6) is 0 Å². The van der Waals surface area contributed by atoms with Gasteiger partial charge in [-0.3, -0.25) is 4.79 Å². The Labute approximate surface area is 117 Å². The maximum Gasteiger partial charge on any atom is 0.329 e. The van der Waals surface area contributed by atoms with Crippen molar-refractivity contribution in [2.75, 3.05) is 47.4 Å². The number of amides is 3. The lowest BCUT2D eigenvalue weighted by atomic mass is 9.97. The van der Waals surface area contributed by atoms with Crippen LogP contribution in [0.3, 0.4) is 0 Å². The minimum atomic E-state index is -1.04. The van der Waals surface area contributed by atoms with Gasteiger partial charge in [0.2, 0.25) is 5.91 Å². The van der Waals surface area contributed by atoms with Crippen molar-refractivity contribution in [1.29, 1.82) is 0 Å². The average molecular weight is 287 g/mol. The van der Waals surface area contributed by atoms with E-state index in [1.54, 1.807) is 28.1 Å². The molecule has 0 saturated carbocycles. The zero-order valence-corrected chi connectivity index (χ0v) is 12.3. The summed E-state index contributed by atoms with van der Waals surface area (Å²) in [6.45, 7) is 2.02. The number of likely N-dealkylation sites (N-methyl/N-ethyl adjacent to an activating group) is 2. The predicted octanol–water partition coefficient (Wildman–Crippen LogP) is -0.698. The first kappa shape index (κ1) is 16.2. The van der Waals surface area contributed by atoms with E-state index in [2.05, 4.69) is 0 Å². The molecule has 0 aromatic rings. The molecule has 0 aromatic heterocycles. The topological polar surface area (TPSA) is 90.4 Å². The Morgan fingerprint density at radius 3 is 2.25 bits per heavy atom. The van der Waals surface area contributed by atoms with Gasteiger partial charge in [-0.2, -0.15) is 0 Å². The van der Waals surface area contributed by atoms with Crippen LogP contribution in [0.2, 0.25) is 0 Å². The lowest BCUT2D eigenvalue weighted by molar-refractivity contribution is -0.160. The molecule has 1 N–H and O–H groups in total. The van der Waals surface area contributed by atoms with Crippen molar-refractivity contribution in [1.82, 2.24) is 14.7 Å². The van der Waals surface area contributed by atoms with E-state index in [1.807, 2.05) is 0 Å². The summed E-state index contributed by atoms with van der Waals surface area (Å²) in [5, 5.41) is 8.55. The van der Waals surface area contributed by atoms with Gasteiger partial charge in [0.1, 0.15) is 18.8 Å². The summed E-state index contributed by atoms with van der Waals surface area (Å²) in [5.41, 5.74) is -0.625. The molecule has 20 heavy (non-hydrogen) atoms. The van der Waals surface area contributed by atoms with E-state index in [9.17, 15) is 14.4 Å². The second-order valence-electron chi connectivity index (χ2n) is 5.42. The number of carboxylic acid groups (broad SMARTS) is 1. The number of carboxylic acids is 1.